The highest BCUT2D eigenvalue weighted by Gasteiger charge is 2.23. The van der Waals surface area contributed by atoms with Crippen molar-refractivity contribution in [3.05, 3.63) is 87.6 Å². The summed E-state index contributed by atoms with van der Waals surface area (Å²) in [4.78, 5) is 32.6. The Labute approximate surface area is 253 Å². The van der Waals surface area contributed by atoms with Crippen molar-refractivity contribution in [1.29, 1.82) is 0 Å². The number of nitrogens with one attached hydrogen (secondary N) is 2. The zero-order valence-electron chi connectivity index (χ0n) is 23.1. The second-order valence-corrected chi connectivity index (χ2v) is 11.7. The van der Waals surface area contributed by atoms with Gasteiger partial charge in [0.1, 0.15) is 5.75 Å². The van der Waals surface area contributed by atoms with Gasteiger partial charge in [0.15, 0.2) is 5.65 Å². The van der Waals surface area contributed by atoms with E-state index in [1.54, 1.807) is 23.1 Å². The smallest absolute Gasteiger partial charge is 0.317 e. The predicted octanol–water partition coefficient (Wildman–Crippen LogP) is 6.35. The average molecular weight is 639 g/mol. The predicted molar refractivity (Wildman–Crippen MR) is 165 cm³/mol. The van der Waals surface area contributed by atoms with Crippen LogP contribution in [-0.2, 0) is 6.42 Å². The zero-order chi connectivity index (χ0) is 28.9. The molecule has 1 aliphatic heterocycles. The summed E-state index contributed by atoms with van der Waals surface area (Å²) in [7, 11) is 0. The van der Waals surface area contributed by atoms with Crippen LogP contribution in [0.25, 0.3) is 16.9 Å². The number of halogens is 2. The lowest BCUT2D eigenvalue weighted by Gasteiger charge is -2.27. The quantitative estimate of drug-likeness (QED) is 0.224. The van der Waals surface area contributed by atoms with Crippen LogP contribution in [0.3, 0.4) is 0 Å². The monoisotopic (exact) mass is 637 g/mol. The molecule has 2 N–H and O–H groups in total. The van der Waals surface area contributed by atoms with Gasteiger partial charge in [-0.2, -0.15) is 0 Å². The van der Waals surface area contributed by atoms with E-state index in [4.69, 9.17) is 21.3 Å². The second-order valence-electron chi connectivity index (χ2n) is 10.5. The first-order chi connectivity index (χ1) is 19.8. The Bertz CT molecular complexity index is 1540. The maximum absolute atomic E-state index is 13.3. The number of imidazole rings is 1. The number of benzene rings is 2. The Kier molecular flexibility index (Phi) is 9.15. The number of amides is 3. The molecule has 1 fully saturated rings. The van der Waals surface area contributed by atoms with Gasteiger partial charge in [-0.05, 0) is 84.9 Å². The first-order valence-electron chi connectivity index (χ1n) is 13.8. The van der Waals surface area contributed by atoms with Crippen molar-refractivity contribution in [3.63, 3.8) is 0 Å². The summed E-state index contributed by atoms with van der Waals surface area (Å²) in [5, 5.41) is 6.48. The fourth-order valence-corrected chi connectivity index (χ4v) is 5.58. The van der Waals surface area contributed by atoms with E-state index in [1.165, 1.54) is 0 Å². The number of urea groups is 1. The third-order valence-electron chi connectivity index (χ3n) is 6.92. The van der Waals surface area contributed by atoms with Crippen LogP contribution in [0, 0.1) is 0 Å². The van der Waals surface area contributed by atoms with Crippen molar-refractivity contribution in [3.8, 4) is 17.0 Å². The summed E-state index contributed by atoms with van der Waals surface area (Å²) in [6.45, 7) is 5.54. The summed E-state index contributed by atoms with van der Waals surface area (Å²) in [6.07, 6.45) is 6.33. The number of carbonyl (C=O) groups excluding carboxylic acids is 2. The molecular weight excluding hydrogens is 606 g/mol. The van der Waals surface area contributed by atoms with Gasteiger partial charge in [-0.1, -0.05) is 35.9 Å². The Morgan fingerprint density at radius 3 is 2.71 bits per heavy atom. The SMILES string of the molecule is CC(C)Oc1ccc(C(=O)N[C@@H](Cc2ccc(-c3cn4cccc(Br)c4n3)cc2)CN2CCCCNC2=O)cc1Cl. The Morgan fingerprint density at radius 1 is 1.17 bits per heavy atom. The molecule has 5 rings (SSSR count). The molecular formula is C31H33BrClN5O3. The number of rotatable bonds is 9. The van der Waals surface area contributed by atoms with E-state index in [1.807, 2.05) is 67.0 Å². The molecule has 214 valence electrons. The topological polar surface area (TPSA) is 88.0 Å². The normalized spacial score (nSPS) is 14.6. The van der Waals surface area contributed by atoms with Gasteiger partial charge in [0.25, 0.3) is 5.91 Å². The van der Waals surface area contributed by atoms with Gasteiger partial charge in [0.2, 0.25) is 0 Å². The van der Waals surface area contributed by atoms with Crippen LogP contribution in [0.4, 0.5) is 4.79 Å². The van der Waals surface area contributed by atoms with Crippen LogP contribution in [0.2, 0.25) is 5.02 Å². The van der Waals surface area contributed by atoms with Gasteiger partial charge in [-0.3, -0.25) is 4.79 Å². The molecule has 2 aromatic carbocycles. The van der Waals surface area contributed by atoms with Gasteiger partial charge >= 0.3 is 6.03 Å². The van der Waals surface area contributed by atoms with Gasteiger partial charge in [-0.25, -0.2) is 9.78 Å². The highest BCUT2D eigenvalue weighted by atomic mass is 79.9. The van der Waals surface area contributed by atoms with Crippen molar-refractivity contribution >= 4 is 45.1 Å². The van der Waals surface area contributed by atoms with Crippen LogP contribution >= 0.6 is 27.5 Å². The van der Waals surface area contributed by atoms with E-state index in [0.29, 0.717) is 42.4 Å². The van der Waals surface area contributed by atoms with Gasteiger partial charge in [0, 0.05) is 43.2 Å². The number of aromatic nitrogens is 2. The minimum absolute atomic E-state index is 0.0303. The first-order valence-corrected chi connectivity index (χ1v) is 15.0. The van der Waals surface area contributed by atoms with E-state index in [2.05, 4.69) is 26.6 Å². The standard InChI is InChI=1S/C31H33BrClN5O3/c1-20(2)41-28-12-11-23(17-26(28)33)30(39)35-24(18-38-14-4-3-13-34-31(38)40)16-21-7-9-22(10-8-21)27-19-37-15-5-6-25(32)29(37)36-27/h5-12,15,17,19-20,24H,3-4,13-14,16,18H2,1-2H3,(H,34,40)(H,35,39)/t24-/m0/s1. The molecule has 2 aromatic heterocycles. The van der Waals surface area contributed by atoms with Crippen LogP contribution in [0.5, 0.6) is 5.75 Å². The first kappa shape index (κ1) is 29.0. The average Bonchev–Trinajstić information content (AvgIpc) is 3.29. The van der Waals surface area contributed by atoms with E-state index in [0.717, 1.165) is 39.8 Å². The van der Waals surface area contributed by atoms with E-state index < -0.39 is 0 Å². The van der Waals surface area contributed by atoms with Crippen LogP contribution < -0.4 is 15.4 Å². The molecule has 0 unspecified atom stereocenters. The van der Waals surface area contributed by atoms with Crippen molar-refractivity contribution < 1.29 is 14.3 Å². The van der Waals surface area contributed by atoms with Crippen molar-refractivity contribution in [1.82, 2.24) is 24.9 Å². The molecule has 3 amide bonds. The summed E-state index contributed by atoms with van der Waals surface area (Å²) < 4.78 is 8.62. The lowest BCUT2D eigenvalue weighted by Crippen LogP contribution is -2.49. The maximum Gasteiger partial charge on any atom is 0.317 e. The molecule has 0 saturated carbocycles. The minimum Gasteiger partial charge on any atom is -0.489 e. The molecule has 1 saturated heterocycles. The number of carbonyl (C=O) groups is 2. The van der Waals surface area contributed by atoms with Crippen LogP contribution in [-0.4, -0.2) is 58.0 Å². The zero-order valence-corrected chi connectivity index (χ0v) is 25.4. The molecule has 41 heavy (non-hydrogen) atoms. The lowest BCUT2D eigenvalue weighted by atomic mass is 10.0. The van der Waals surface area contributed by atoms with Gasteiger partial charge in [0.05, 0.1) is 27.3 Å². The summed E-state index contributed by atoms with van der Waals surface area (Å²) in [6, 6.07) is 16.7. The Morgan fingerprint density at radius 2 is 1.98 bits per heavy atom. The number of fused-ring (bicyclic) bond motifs is 1. The van der Waals surface area contributed by atoms with E-state index >= 15 is 0 Å². The van der Waals surface area contributed by atoms with Crippen LogP contribution in [0.1, 0.15) is 42.6 Å². The van der Waals surface area contributed by atoms with Crippen molar-refractivity contribution in [2.75, 3.05) is 19.6 Å². The molecule has 4 aromatic rings. The van der Waals surface area contributed by atoms with Gasteiger partial charge < -0.3 is 24.7 Å². The summed E-state index contributed by atoms with van der Waals surface area (Å²) in [5.74, 6) is 0.282. The van der Waals surface area contributed by atoms with Crippen LogP contribution in [0.15, 0.2) is 71.5 Å². The van der Waals surface area contributed by atoms with E-state index in [-0.39, 0.29) is 24.1 Å². The molecule has 0 bridgehead atoms. The molecule has 0 radical (unpaired) electrons. The minimum atomic E-state index is -0.311. The number of hydrogen-bond donors (Lipinski definition) is 2. The number of pyridine rings is 1. The van der Waals surface area contributed by atoms with Crippen molar-refractivity contribution in [2.24, 2.45) is 0 Å². The fraction of sp³-hybridized carbons (Fsp3) is 0.323. The third-order valence-corrected chi connectivity index (χ3v) is 7.83. The molecule has 0 aliphatic carbocycles. The molecule has 10 heteroatoms. The summed E-state index contributed by atoms with van der Waals surface area (Å²) >= 11 is 9.96. The Balaban J connectivity index is 1.34. The third kappa shape index (κ3) is 7.21. The summed E-state index contributed by atoms with van der Waals surface area (Å²) in [5.41, 5.74) is 4.20. The number of ether oxygens (including phenoxy) is 1. The molecule has 3 heterocycles. The van der Waals surface area contributed by atoms with Gasteiger partial charge in [-0.15, -0.1) is 0 Å². The highest BCUT2D eigenvalue weighted by Crippen LogP contribution is 2.27. The second kappa shape index (κ2) is 13.0. The number of hydrogen-bond acceptors (Lipinski definition) is 4. The highest BCUT2D eigenvalue weighted by molar-refractivity contribution is 9.10. The largest absolute Gasteiger partial charge is 0.489 e. The fourth-order valence-electron chi connectivity index (χ4n) is 4.91. The number of nitrogens with zero attached hydrogens (tertiary/aromatic N) is 3. The molecule has 1 atom stereocenters. The lowest BCUT2D eigenvalue weighted by molar-refractivity contribution is 0.0927. The van der Waals surface area contributed by atoms with E-state index in [9.17, 15) is 9.59 Å². The molecule has 0 spiro atoms. The molecule has 1 aliphatic rings. The molecule has 8 nitrogen and oxygen atoms in total. The maximum atomic E-state index is 13.3. The Hall–Kier alpha value is -3.56. The van der Waals surface area contributed by atoms with Crippen molar-refractivity contribution in [2.45, 2.75) is 45.3 Å².